The number of rotatable bonds is 3. The molecule has 1 heterocycles. The normalized spacial score (nSPS) is 10.3. The zero-order valence-electron chi connectivity index (χ0n) is 10.6. The third kappa shape index (κ3) is 3.04. The topological polar surface area (TPSA) is 65.2 Å². The van der Waals surface area contributed by atoms with Gasteiger partial charge in [0.05, 0.1) is 9.26 Å². The number of para-hydroxylation sites is 1. The highest BCUT2D eigenvalue weighted by Gasteiger charge is 2.16. The summed E-state index contributed by atoms with van der Waals surface area (Å²) < 4.78 is 6.78. The van der Waals surface area contributed by atoms with E-state index in [2.05, 4.69) is 27.6 Å². The second-order valence-corrected chi connectivity index (χ2v) is 5.28. The smallest absolute Gasteiger partial charge is 0.254 e. The van der Waals surface area contributed by atoms with E-state index in [1.54, 1.807) is 13.0 Å². The number of hydrogen-bond acceptors (Lipinski definition) is 3. The predicted molar refractivity (Wildman–Crippen MR) is 81.5 cm³/mol. The first-order chi connectivity index (χ1) is 8.99. The zero-order valence-corrected chi connectivity index (χ0v) is 12.8. The molecule has 0 bridgehead atoms. The summed E-state index contributed by atoms with van der Waals surface area (Å²) in [5.74, 6) is 0.600. The van der Waals surface area contributed by atoms with Gasteiger partial charge in [-0.1, -0.05) is 12.1 Å². The lowest BCUT2D eigenvalue weighted by Gasteiger charge is -2.13. The fraction of sp³-hybridized carbons (Fsp3) is 0.143. The number of benzene rings is 1. The molecule has 0 unspecified atom stereocenters. The van der Waals surface area contributed by atoms with Gasteiger partial charge in [-0.15, -0.1) is 0 Å². The average Bonchev–Trinajstić information content (AvgIpc) is 2.30. The third-order valence-corrected chi connectivity index (χ3v) is 3.49. The quantitative estimate of drug-likeness (QED) is 0.847. The minimum Gasteiger partial charge on any atom is -0.455 e. The summed E-state index contributed by atoms with van der Waals surface area (Å²) >= 11 is 2.18. The molecule has 0 atom stereocenters. The molecule has 19 heavy (non-hydrogen) atoms. The van der Waals surface area contributed by atoms with Gasteiger partial charge in [0, 0.05) is 11.8 Å². The van der Waals surface area contributed by atoms with Crippen molar-refractivity contribution in [3.8, 4) is 11.5 Å². The standard InChI is InChI=1S/C14H13IN2O2/c1-8-7-12(13(14(16)18)9(2)17-8)19-11-6-4-3-5-10(11)15/h3-7H,1-2H3,(H2,16,18). The molecule has 2 aromatic rings. The van der Waals surface area contributed by atoms with Crippen molar-refractivity contribution >= 4 is 28.5 Å². The first-order valence-corrected chi connectivity index (χ1v) is 6.77. The number of carbonyl (C=O) groups is 1. The Balaban J connectivity index is 2.51. The minimum atomic E-state index is -0.536. The molecule has 0 saturated carbocycles. The highest BCUT2D eigenvalue weighted by atomic mass is 127. The molecular weight excluding hydrogens is 355 g/mol. The van der Waals surface area contributed by atoms with Crippen LogP contribution in [0.25, 0.3) is 0 Å². The van der Waals surface area contributed by atoms with Gasteiger partial charge in [-0.05, 0) is 48.6 Å². The van der Waals surface area contributed by atoms with Crippen LogP contribution >= 0.6 is 22.6 Å². The van der Waals surface area contributed by atoms with E-state index in [0.29, 0.717) is 22.8 Å². The fourth-order valence-corrected chi connectivity index (χ4v) is 2.32. The van der Waals surface area contributed by atoms with E-state index in [1.165, 1.54) is 0 Å². The minimum absolute atomic E-state index is 0.324. The molecule has 2 N–H and O–H groups in total. The molecule has 0 saturated heterocycles. The molecule has 0 spiro atoms. The molecule has 0 fully saturated rings. The van der Waals surface area contributed by atoms with Crippen LogP contribution in [0.4, 0.5) is 0 Å². The largest absolute Gasteiger partial charge is 0.455 e. The van der Waals surface area contributed by atoms with Crippen LogP contribution in [-0.2, 0) is 0 Å². The van der Waals surface area contributed by atoms with Gasteiger partial charge in [0.2, 0.25) is 0 Å². The number of aromatic nitrogens is 1. The Hall–Kier alpha value is -1.63. The monoisotopic (exact) mass is 368 g/mol. The molecule has 2 rings (SSSR count). The molecule has 0 aliphatic rings. The number of hydrogen-bond donors (Lipinski definition) is 1. The number of pyridine rings is 1. The predicted octanol–water partition coefficient (Wildman–Crippen LogP) is 3.19. The van der Waals surface area contributed by atoms with E-state index in [4.69, 9.17) is 10.5 Å². The van der Waals surface area contributed by atoms with Crippen LogP contribution in [0.5, 0.6) is 11.5 Å². The van der Waals surface area contributed by atoms with E-state index < -0.39 is 5.91 Å². The maximum atomic E-state index is 11.5. The molecule has 1 amide bonds. The summed E-state index contributed by atoms with van der Waals surface area (Å²) in [6, 6.07) is 9.30. The second kappa shape index (κ2) is 5.56. The Morgan fingerprint density at radius 2 is 1.95 bits per heavy atom. The van der Waals surface area contributed by atoms with Crippen LogP contribution in [0.1, 0.15) is 21.7 Å². The summed E-state index contributed by atoms with van der Waals surface area (Å²) in [6.07, 6.45) is 0. The van der Waals surface area contributed by atoms with Gasteiger partial charge < -0.3 is 10.5 Å². The summed E-state index contributed by atoms with van der Waals surface area (Å²) in [4.78, 5) is 15.8. The summed E-state index contributed by atoms with van der Waals surface area (Å²) in [7, 11) is 0. The number of ether oxygens (including phenoxy) is 1. The van der Waals surface area contributed by atoms with Crippen LogP contribution < -0.4 is 10.5 Å². The van der Waals surface area contributed by atoms with Gasteiger partial charge in [0.25, 0.3) is 5.91 Å². The lowest BCUT2D eigenvalue weighted by Crippen LogP contribution is -2.15. The Bertz CT molecular complexity index is 641. The van der Waals surface area contributed by atoms with Gasteiger partial charge in [0.15, 0.2) is 0 Å². The number of primary amides is 1. The highest BCUT2D eigenvalue weighted by Crippen LogP contribution is 2.30. The van der Waals surface area contributed by atoms with E-state index >= 15 is 0 Å². The number of nitrogens with two attached hydrogens (primary N) is 1. The summed E-state index contributed by atoms with van der Waals surface area (Å²) in [5.41, 5.74) is 7.08. The molecule has 98 valence electrons. The van der Waals surface area contributed by atoms with E-state index in [1.807, 2.05) is 31.2 Å². The fourth-order valence-electron chi connectivity index (χ4n) is 1.82. The van der Waals surface area contributed by atoms with Crippen molar-refractivity contribution in [1.82, 2.24) is 4.98 Å². The zero-order chi connectivity index (χ0) is 14.0. The molecule has 1 aromatic heterocycles. The molecule has 5 heteroatoms. The van der Waals surface area contributed by atoms with Gasteiger partial charge >= 0.3 is 0 Å². The number of halogens is 1. The number of amides is 1. The molecule has 4 nitrogen and oxygen atoms in total. The lowest BCUT2D eigenvalue weighted by molar-refractivity contribution is 0.0997. The van der Waals surface area contributed by atoms with Crippen molar-refractivity contribution < 1.29 is 9.53 Å². The molecular formula is C14H13IN2O2. The number of carbonyl (C=O) groups excluding carboxylic acids is 1. The van der Waals surface area contributed by atoms with E-state index in [0.717, 1.165) is 9.26 Å². The van der Waals surface area contributed by atoms with Crippen LogP contribution in [0.2, 0.25) is 0 Å². The van der Waals surface area contributed by atoms with Crippen LogP contribution in [0.3, 0.4) is 0 Å². The Morgan fingerprint density at radius 1 is 1.26 bits per heavy atom. The van der Waals surface area contributed by atoms with Crippen molar-refractivity contribution in [2.45, 2.75) is 13.8 Å². The van der Waals surface area contributed by atoms with Crippen molar-refractivity contribution in [2.24, 2.45) is 5.73 Å². The van der Waals surface area contributed by atoms with Crippen molar-refractivity contribution in [1.29, 1.82) is 0 Å². The Kier molecular flexibility index (Phi) is 4.04. The molecule has 0 aliphatic heterocycles. The third-order valence-electron chi connectivity index (χ3n) is 2.60. The first kappa shape index (κ1) is 13.8. The van der Waals surface area contributed by atoms with Gasteiger partial charge in [-0.25, -0.2) is 0 Å². The summed E-state index contributed by atoms with van der Waals surface area (Å²) in [6.45, 7) is 3.59. The highest BCUT2D eigenvalue weighted by molar-refractivity contribution is 14.1. The molecule has 1 aromatic carbocycles. The maximum absolute atomic E-state index is 11.5. The Labute approximate surface area is 125 Å². The van der Waals surface area contributed by atoms with Crippen LogP contribution in [-0.4, -0.2) is 10.9 Å². The average molecular weight is 368 g/mol. The molecule has 0 aliphatic carbocycles. The van der Waals surface area contributed by atoms with Gasteiger partial charge in [-0.2, -0.15) is 0 Å². The van der Waals surface area contributed by atoms with Crippen molar-refractivity contribution in [3.05, 3.63) is 50.9 Å². The number of aryl methyl sites for hydroxylation is 2. The summed E-state index contributed by atoms with van der Waals surface area (Å²) in [5, 5.41) is 0. The Morgan fingerprint density at radius 3 is 2.58 bits per heavy atom. The SMILES string of the molecule is Cc1cc(Oc2ccccc2I)c(C(N)=O)c(C)n1. The van der Waals surface area contributed by atoms with Crippen LogP contribution in [0, 0.1) is 17.4 Å². The van der Waals surface area contributed by atoms with Gasteiger partial charge in [-0.3, -0.25) is 9.78 Å². The second-order valence-electron chi connectivity index (χ2n) is 4.12. The van der Waals surface area contributed by atoms with E-state index in [9.17, 15) is 4.79 Å². The maximum Gasteiger partial charge on any atom is 0.254 e. The lowest BCUT2D eigenvalue weighted by atomic mass is 10.1. The first-order valence-electron chi connectivity index (χ1n) is 5.69. The molecule has 0 radical (unpaired) electrons. The van der Waals surface area contributed by atoms with Crippen molar-refractivity contribution in [3.63, 3.8) is 0 Å². The van der Waals surface area contributed by atoms with E-state index in [-0.39, 0.29) is 0 Å². The van der Waals surface area contributed by atoms with Crippen LogP contribution in [0.15, 0.2) is 30.3 Å². The van der Waals surface area contributed by atoms with Crippen molar-refractivity contribution in [2.75, 3.05) is 0 Å². The van der Waals surface area contributed by atoms with Gasteiger partial charge in [0.1, 0.15) is 17.1 Å². The number of nitrogens with zero attached hydrogens (tertiary/aromatic N) is 1.